The van der Waals surface area contributed by atoms with Crippen LogP contribution >= 0.6 is 0 Å². The fourth-order valence-corrected chi connectivity index (χ4v) is 4.09. The summed E-state index contributed by atoms with van der Waals surface area (Å²) in [5.41, 5.74) is 1.79. The zero-order valence-electron chi connectivity index (χ0n) is 20.3. The molecule has 0 atom stereocenters. The average molecular weight is 435 g/mol. The SMILES string of the molecule is CCCCCCCCCCCCCCCC[n+]1ccc(/C=C/C(=O)c2ccccc2)cc1. The van der Waals surface area contributed by atoms with Crippen LogP contribution in [-0.2, 0) is 6.54 Å². The highest BCUT2D eigenvalue weighted by molar-refractivity contribution is 6.06. The van der Waals surface area contributed by atoms with Crippen LogP contribution in [0.5, 0.6) is 0 Å². The number of unbranched alkanes of at least 4 members (excludes halogenated alkanes) is 13. The molecule has 0 saturated carbocycles. The molecule has 0 aliphatic heterocycles. The van der Waals surface area contributed by atoms with Crippen molar-refractivity contribution in [1.82, 2.24) is 0 Å². The van der Waals surface area contributed by atoms with Gasteiger partial charge in [-0.05, 0) is 18.1 Å². The predicted molar refractivity (Wildman–Crippen MR) is 137 cm³/mol. The van der Waals surface area contributed by atoms with Gasteiger partial charge in [0.15, 0.2) is 18.2 Å². The lowest BCUT2D eigenvalue weighted by atomic mass is 10.0. The Hall–Kier alpha value is -2.22. The molecule has 2 rings (SSSR count). The van der Waals surface area contributed by atoms with Gasteiger partial charge >= 0.3 is 0 Å². The molecule has 1 heterocycles. The van der Waals surface area contributed by atoms with Crippen LogP contribution in [0.3, 0.4) is 0 Å². The van der Waals surface area contributed by atoms with Crippen LogP contribution in [0, 0.1) is 0 Å². The minimum absolute atomic E-state index is 0.0461. The Kier molecular flexibility index (Phi) is 14.1. The molecule has 2 nitrogen and oxygen atoms in total. The van der Waals surface area contributed by atoms with Crippen molar-refractivity contribution in [2.45, 2.75) is 103 Å². The molecule has 1 aromatic heterocycles. The highest BCUT2D eigenvalue weighted by Crippen LogP contribution is 2.13. The Balaban J connectivity index is 1.47. The molecular weight excluding hydrogens is 390 g/mol. The molecule has 1 aromatic carbocycles. The molecular formula is C30H44NO+. The standard InChI is InChI=1S/C30H44NO/c1-2-3-4-5-6-7-8-9-10-11-12-13-14-18-25-31-26-23-28(24-27-31)21-22-30(32)29-19-16-15-17-20-29/h15-17,19-24,26-27H,2-14,18,25H2,1H3/q+1/b22-21+. The lowest BCUT2D eigenvalue weighted by Crippen LogP contribution is -2.32. The van der Waals surface area contributed by atoms with Crippen LogP contribution in [-0.4, -0.2) is 5.78 Å². The molecule has 0 aliphatic rings. The molecule has 2 aromatic rings. The van der Waals surface area contributed by atoms with Gasteiger partial charge in [0.05, 0.1) is 0 Å². The highest BCUT2D eigenvalue weighted by Gasteiger charge is 2.02. The van der Waals surface area contributed by atoms with Crippen molar-refractivity contribution in [2.75, 3.05) is 0 Å². The molecule has 0 spiro atoms. The van der Waals surface area contributed by atoms with E-state index >= 15 is 0 Å². The number of benzene rings is 1. The number of hydrogen-bond donors (Lipinski definition) is 0. The number of nitrogens with zero attached hydrogens (tertiary/aromatic N) is 1. The van der Waals surface area contributed by atoms with E-state index in [9.17, 15) is 4.79 Å². The number of ketones is 1. The van der Waals surface area contributed by atoms with Gasteiger partial charge in [0.25, 0.3) is 0 Å². The van der Waals surface area contributed by atoms with E-state index in [1.165, 1.54) is 89.9 Å². The summed E-state index contributed by atoms with van der Waals surface area (Å²) in [6, 6.07) is 13.6. The van der Waals surface area contributed by atoms with Gasteiger partial charge in [0, 0.05) is 24.1 Å². The molecule has 0 fully saturated rings. The van der Waals surface area contributed by atoms with Crippen molar-refractivity contribution in [2.24, 2.45) is 0 Å². The Morgan fingerprint density at radius 1 is 0.688 bits per heavy atom. The Labute approximate surface area is 196 Å². The zero-order valence-corrected chi connectivity index (χ0v) is 20.3. The normalized spacial score (nSPS) is 11.3. The fraction of sp³-hybridized carbons (Fsp3) is 0.533. The lowest BCUT2D eigenvalue weighted by Gasteiger charge is -2.03. The molecule has 0 bridgehead atoms. The van der Waals surface area contributed by atoms with Crippen molar-refractivity contribution < 1.29 is 9.36 Å². The average Bonchev–Trinajstić information content (AvgIpc) is 2.84. The number of hydrogen-bond acceptors (Lipinski definition) is 1. The first-order valence-electron chi connectivity index (χ1n) is 13.1. The van der Waals surface area contributed by atoms with Gasteiger partial charge in [-0.3, -0.25) is 4.79 Å². The summed E-state index contributed by atoms with van der Waals surface area (Å²) < 4.78 is 2.25. The van der Waals surface area contributed by atoms with Crippen molar-refractivity contribution in [3.8, 4) is 0 Å². The first-order chi connectivity index (χ1) is 15.8. The lowest BCUT2D eigenvalue weighted by molar-refractivity contribution is -0.697. The zero-order chi connectivity index (χ0) is 22.7. The van der Waals surface area contributed by atoms with Crippen molar-refractivity contribution >= 4 is 11.9 Å². The number of rotatable bonds is 18. The van der Waals surface area contributed by atoms with Gasteiger partial charge < -0.3 is 0 Å². The minimum Gasteiger partial charge on any atom is -0.289 e. The quantitative estimate of drug-likeness (QED) is 0.0999. The second kappa shape index (κ2) is 17.3. The first-order valence-corrected chi connectivity index (χ1v) is 13.1. The molecule has 0 aliphatic carbocycles. The Bertz CT molecular complexity index is 748. The first kappa shape index (κ1) is 26.0. The molecule has 0 radical (unpaired) electrons. The third-order valence-electron chi connectivity index (χ3n) is 6.17. The van der Waals surface area contributed by atoms with Gasteiger partial charge in [-0.25, -0.2) is 4.57 Å². The molecule has 32 heavy (non-hydrogen) atoms. The number of aryl methyl sites for hydroxylation is 1. The second-order valence-corrected chi connectivity index (χ2v) is 9.03. The summed E-state index contributed by atoms with van der Waals surface area (Å²) in [5, 5.41) is 0. The maximum atomic E-state index is 12.2. The van der Waals surface area contributed by atoms with Crippen molar-refractivity contribution in [3.05, 3.63) is 72.1 Å². The van der Waals surface area contributed by atoms with Gasteiger partial charge in [-0.15, -0.1) is 0 Å². The van der Waals surface area contributed by atoms with Crippen LogP contribution in [0.15, 0.2) is 60.9 Å². The van der Waals surface area contributed by atoms with Crippen molar-refractivity contribution in [3.63, 3.8) is 0 Å². The van der Waals surface area contributed by atoms with E-state index in [0.717, 1.165) is 17.7 Å². The number of allylic oxidation sites excluding steroid dienone is 1. The van der Waals surface area contributed by atoms with Gasteiger partial charge in [-0.2, -0.15) is 0 Å². The molecule has 2 heteroatoms. The largest absolute Gasteiger partial charge is 0.289 e. The van der Waals surface area contributed by atoms with E-state index < -0.39 is 0 Å². The summed E-state index contributed by atoms with van der Waals surface area (Å²) in [6.07, 6.45) is 27.3. The summed E-state index contributed by atoms with van der Waals surface area (Å²) in [7, 11) is 0. The summed E-state index contributed by atoms with van der Waals surface area (Å²) in [6.45, 7) is 3.36. The van der Waals surface area contributed by atoms with Crippen LogP contribution < -0.4 is 4.57 Å². The molecule has 0 N–H and O–H groups in total. The third-order valence-corrected chi connectivity index (χ3v) is 6.17. The Morgan fingerprint density at radius 3 is 1.72 bits per heavy atom. The van der Waals surface area contributed by atoms with Gasteiger partial charge in [-0.1, -0.05) is 120 Å². The number of carbonyl (C=O) groups is 1. The van der Waals surface area contributed by atoms with Crippen molar-refractivity contribution in [1.29, 1.82) is 0 Å². The van der Waals surface area contributed by atoms with E-state index in [-0.39, 0.29) is 5.78 Å². The van der Waals surface area contributed by atoms with E-state index in [4.69, 9.17) is 0 Å². The second-order valence-electron chi connectivity index (χ2n) is 9.03. The molecule has 0 saturated heterocycles. The maximum absolute atomic E-state index is 12.2. The Morgan fingerprint density at radius 2 is 1.19 bits per heavy atom. The number of aromatic nitrogens is 1. The van der Waals surface area contributed by atoms with Crippen LogP contribution in [0.2, 0.25) is 0 Å². The number of pyridine rings is 1. The van der Waals surface area contributed by atoms with Crippen LogP contribution in [0.25, 0.3) is 6.08 Å². The van der Waals surface area contributed by atoms with E-state index in [1.807, 2.05) is 36.4 Å². The molecule has 0 unspecified atom stereocenters. The predicted octanol–water partition coefficient (Wildman–Crippen LogP) is 8.35. The van der Waals surface area contributed by atoms with Gasteiger partial charge in [0.2, 0.25) is 0 Å². The molecule has 174 valence electrons. The topological polar surface area (TPSA) is 20.9 Å². The van der Waals surface area contributed by atoms with Crippen LogP contribution in [0.1, 0.15) is 113 Å². The fourth-order valence-electron chi connectivity index (χ4n) is 4.09. The van der Waals surface area contributed by atoms with E-state index in [2.05, 4.69) is 36.0 Å². The third kappa shape index (κ3) is 12.0. The minimum atomic E-state index is 0.0461. The molecule has 0 amide bonds. The monoisotopic (exact) mass is 434 g/mol. The van der Waals surface area contributed by atoms with E-state index in [0.29, 0.717) is 0 Å². The highest BCUT2D eigenvalue weighted by atomic mass is 16.1. The van der Waals surface area contributed by atoms with Crippen LogP contribution in [0.4, 0.5) is 0 Å². The summed E-state index contributed by atoms with van der Waals surface area (Å²) >= 11 is 0. The maximum Gasteiger partial charge on any atom is 0.185 e. The van der Waals surface area contributed by atoms with E-state index in [1.54, 1.807) is 6.08 Å². The summed E-state index contributed by atoms with van der Waals surface area (Å²) in [5.74, 6) is 0.0461. The van der Waals surface area contributed by atoms with Gasteiger partial charge in [0.1, 0.15) is 6.54 Å². The smallest absolute Gasteiger partial charge is 0.185 e. The summed E-state index contributed by atoms with van der Waals surface area (Å²) in [4.78, 5) is 12.2. The number of carbonyl (C=O) groups excluding carboxylic acids is 1.